The molecule has 0 radical (unpaired) electrons. The van der Waals surface area contributed by atoms with E-state index in [1.807, 2.05) is 0 Å². The summed E-state index contributed by atoms with van der Waals surface area (Å²) in [5.74, 6) is 0.255. The monoisotopic (exact) mass is 228 g/mol. The van der Waals surface area contributed by atoms with Gasteiger partial charge in [0.2, 0.25) is 0 Å². The van der Waals surface area contributed by atoms with E-state index in [-0.39, 0.29) is 17.7 Å². The molecule has 0 fully saturated rings. The summed E-state index contributed by atoms with van der Waals surface area (Å²) in [6.07, 6.45) is 0. The van der Waals surface area contributed by atoms with Crippen LogP contribution in [0.5, 0.6) is 0 Å². The molecule has 0 saturated heterocycles. The van der Waals surface area contributed by atoms with Gasteiger partial charge >= 0.3 is 0 Å². The zero-order valence-corrected chi connectivity index (χ0v) is 8.16. The van der Waals surface area contributed by atoms with Gasteiger partial charge in [0.05, 0.1) is 0 Å². The zero-order chi connectivity index (χ0) is 7.49. The Hall–Kier alpha value is 1.45. The van der Waals surface area contributed by atoms with E-state index in [4.69, 9.17) is 58.0 Å². The highest BCUT2D eigenvalue weighted by molar-refractivity contribution is 6.68. The number of hydrogen-bond acceptors (Lipinski definition) is 0. The van der Waals surface area contributed by atoms with Crippen LogP contribution in [0.2, 0.25) is 0 Å². The highest BCUT2D eigenvalue weighted by atomic mass is 35.6. The van der Waals surface area contributed by atoms with Gasteiger partial charge in [-0.1, -0.05) is 34.8 Å². The molecule has 0 N–H and O–H groups in total. The van der Waals surface area contributed by atoms with Crippen LogP contribution in [0.1, 0.15) is 0 Å². The lowest BCUT2D eigenvalue weighted by atomic mass is 10.2. The smallest absolute Gasteiger partial charge is 0.126 e. The van der Waals surface area contributed by atoms with Crippen molar-refractivity contribution in [3.8, 4) is 0 Å². The summed E-state index contributed by atoms with van der Waals surface area (Å²) in [4.78, 5) is 0. The van der Waals surface area contributed by atoms with Gasteiger partial charge in [0, 0.05) is 17.7 Å². The van der Waals surface area contributed by atoms with Crippen LogP contribution in [0.4, 0.5) is 0 Å². The molecule has 0 aromatic rings. The normalized spacial score (nSPS) is 12.7. The van der Waals surface area contributed by atoms with Crippen molar-refractivity contribution in [3.63, 3.8) is 0 Å². The second-order valence-corrected chi connectivity index (χ2v) is 4.53. The third kappa shape index (κ3) is 4.00. The predicted molar refractivity (Wildman–Crippen MR) is 45.2 cm³/mol. The molecular weight excluding hydrogens is 225 g/mol. The molecule has 0 atom stereocenters. The van der Waals surface area contributed by atoms with Gasteiger partial charge in [0.15, 0.2) is 3.79 Å². The van der Waals surface area contributed by atoms with Crippen LogP contribution in [0.25, 0.3) is 0 Å². The largest absolute Gasteiger partial charge is 0.195 e. The van der Waals surface area contributed by atoms with E-state index >= 15 is 0 Å². The Morgan fingerprint density at radius 3 is 1.33 bits per heavy atom. The van der Waals surface area contributed by atoms with Gasteiger partial charge in [-0.3, -0.25) is 0 Å². The van der Waals surface area contributed by atoms with Gasteiger partial charge in [-0.05, 0) is 0 Å². The quantitative estimate of drug-likeness (QED) is 0.637. The van der Waals surface area contributed by atoms with Crippen molar-refractivity contribution in [2.75, 3.05) is 11.8 Å². The molecule has 56 valence electrons. The third-order valence-corrected chi connectivity index (χ3v) is 2.51. The summed E-state index contributed by atoms with van der Waals surface area (Å²) >= 11 is 27.2. The van der Waals surface area contributed by atoms with Crippen molar-refractivity contribution < 1.29 is 0 Å². The van der Waals surface area contributed by atoms with E-state index in [0.29, 0.717) is 0 Å². The number of rotatable bonds is 2. The number of alkyl halides is 5. The first-order valence-electron chi connectivity index (χ1n) is 2.21. The molecule has 0 heterocycles. The fraction of sp³-hybridized carbons (Fsp3) is 1.00. The van der Waals surface area contributed by atoms with E-state index < -0.39 is 3.79 Å². The molecule has 0 aromatic heterocycles. The molecule has 0 spiro atoms. The van der Waals surface area contributed by atoms with Gasteiger partial charge in [0.1, 0.15) is 0 Å². The first-order chi connectivity index (χ1) is 4.02. The summed E-state index contributed by atoms with van der Waals surface area (Å²) < 4.78 is -1.33. The second kappa shape index (κ2) is 4.35. The molecule has 0 amide bonds. The molecule has 0 aliphatic rings. The van der Waals surface area contributed by atoms with Crippen molar-refractivity contribution in [1.82, 2.24) is 0 Å². The van der Waals surface area contributed by atoms with Crippen LogP contribution in [-0.4, -0.2) is 15.6 Å². The summed E-state index contributed by atoms with van der Waals surface area (Å²) in [6.45, 7) is 0. The molecule has 0 aromatic carbocycles. The van der Waals surface area contributed by atoms with Gasteiger partial charge < -0.3 is 0 Å². The summed E-state index contributed by atoms with van der Waals surface area (Å²) in [6, 6.07) is 0. The van der Waals surface area contributed by atoms with Crippen molar-refractivity contribution >= 4 is 58.0 Å². The van der Waals surface area contributed by atoms with Crippen LogP contribution < -0.4 is 0 Å². The predicted octanol–water partition coefficient (Wildman–Crippen LogP) is 3.45. The molecule has 9 heavy (non-hydrogen) atoms. The molecule has 0 saturated carbocycles. The van der Waals surface area contributed by atoms with E-state index in [2.05, 4.69) is 0 Å². The first-order valence-corrected chi connectivity index (χ1v) is 4.41. The molecule has 0 unspecified atom stereocenters. The Kier molecular flexibility index (Phi) is 5.05. The lowest BCUT2D eigenvalue weighted by Gasteiger charge is -2.18. The van der Waals surface area contributed by atoms with Crippen LogP contribution in [0.15, 0.2) is 0 Å². The second-order valence-electron chi connectivity index (χ2n) is 1.55. The zero-order valence-electron chi connectivity index (χ0n) is 4.38. The molecule has 0 bridgehead atoms. The Balaban J connectivity index is 3.79. The molecule has 0 aliphatic heterocycles. The van der Waals surface area contributed by atoms with Crippen LogP contribution >= 0.6 is 58.0 Å². The van der Waals surface area contributed by atoms with Crippen LogP contribution in [-0.2, 0) is 0 Å². The van der Waals surface area contributed by atoms with E-state index in [0.717, 1.165) is 0 Å². The molecule has 5 heteroatoms. The van der Waals surface area contributed by atoms with Crippen LogP contribution in [0.3, 0.4) is 0 Å². The average Bonchev–Trinajstić information content (AvgIpc) is 1.65. The van der Waals surface area contributed by atoms with E-state index in [1.165, 1.54) is 0 Å². The highest BCUT2D eigenvalue weighted by Crippen LogP contribution is 2.36. The van der Waals surface area contributed by atoms with Crippen molar-refractivity contribution in [2.45, 2.75) is 3.79 Å². The Bertz CT molecular complexity index is 71.5. The number of hydrogen-bond donors (Lipinski definition) is 0. The van der Waals surface area contributed by atoms with Crippen LogP contribution in [0, 0.1) is 5.92 Å². The lowest BCUT2D eigenvalue weighted by molar-refractivity contribution is 0.685. The molecule has 0 rings (SSSR count). The molecule has 0 nitrogen and oxygen atoms in total. The topological polar surface area (TPSA) is 0 Å². The van der Waals surface area contributed by atoms with Gasteiger partial charge in [-0.15, -0.1) is 23.2 Å². The van der Waals surface area contributed by atoms with Gasteiger partial charge in [-0.2, -0.15) is 0 Å². The molecular formula is C4H5Cl5. The fourth-order valence-corrected chi connectivity index (χ4v) is 1.95. The van der Waals surface area contributed by atoms with Crippen molar-refractivity contribution in [2.24, 2.45) is 5.92 Å². The van der Waals surface area contributed by atoms with E-state index in [1.54, 1.807) is 0 Å². The van der Waals surface area contributed by atoms with Gasteiger partial charge in [0.25, 0.3) is 0 Å². The minimum absolute atomic E-state index is 0.264. The lowest BCUT2D eigenvalue weighted by Crippen LogP contribution is -2.22. The average molecular weight is 230 g/mol. The minimum atomic E-state index is -1.33. The van der Waals surface area contributed by atoms with Crippen molar-refractivity contribution in [3.05, 3.63) is 0 Å². The maximum Gasteiger partial charge on any atom is 0.195 e. The van der Waals surface area contributed by atoms with Gasteiger partial charge in [-0.25, -0.2) is 0 Å². The standard InChI is InChI=1S/C4H5Cl5/c5-1-3(2-6)4(7,8)9/h3H,1-2H2. The summed E-state index contributed by atoms with van der Waals surface area (Å²) in [5.41, 5.74) is 0. The highest BCUT2D eigenvalue weighted by Gasteiger charge is 2.30. The Labute approximate surface area is 79.4 Å². The SMILES string of the molecule is ClCC(CCl)C(Cl)(Cl)Cl. The maximum absolute atomic E-state index is 5.46. The fourth-order valence-electron chi connectivity index (χ4n) is 0.216. The minimum Gasteiger partial charge on any atom is -0.126 e. The van der Waals surface area contributed by atoms with Crippen molar-refractivity contribution in [1.29, 1.82) is 0 Å². The third-order valence-electron chi connectivity index (χ3n) is 0.835. The van der Waals surface area contributed by atoms with E-state index in [9.17, 15) is 0 Å². The Morgan fingerprint density at radius 1 is 1.00 bits per heavy atom. The first kappa shape index (κ1) is 10.4. The molecule has 0 aliphatic carbocycles. The summed E-state index contributed by atoms with van der Waals surface area (Å²) in [7, 11) is 0. The Morgan fingerprint density at radius 2 is 1.33 bits per heavy atom. The maximum atomic E-state index is 5.46. The number of halogens is 5. The summed E-state index contributed by atoms with van der Waals surface area (Å²) in [5, 5.41) is 0.